The van der Waals surface area contributed by atoms with Gasteiger partial charge in [0.05, 0.1) is 0 Å². The fraction of sp³-hybridized carbons (Fsp3) is 0.429. The Balaban J connectivity index is 0.000000262. The van der Waals surface area contributed by atoms with Crippen LogP contribution >= 0.6 is 0 Å². The second kappa shape index (κ2) is 10.8. The van der Waals surface area contributed by atoms with E-state index in [1.165, 1.54) is 32.1 Å². The quantitative estimate of drug-likeness (QED) is 0.554. The predicted molar refractivity (Wildman–Crippen MR) is 67.1 cm³/mol. The summed E-state index contributed by atoms with van der Waals surface area (Å²) in [4.78, 5) is 0. The van der Waals surface area contributed by atoms with Gasteiger partial charge in [-0.15, -0.1) is 6.58 Å². The van der Waals surface area contributed by atoms with E-state index in [4.69, 9.17) is 5.11 Å². The molecule has 0 aliphatic heterocycles. The zero-order valence-corrected chi connectivity index (χ0v) is 9.65. The molecular weight excluding hydrogens is 184 g/mol. The molecule has 1 aromatic carbocycles. The van der Waals surface area contributed by atoms with Crippen LogP contribution in [0.1, 0.15) is 39.0 Å². The molecular formula is C14H22O. The Bertz CT molecular complexity index is 228. The van der Waals surface area contributed by atoms with Gasteiger partial charge in [-0.3, -0.25) is 0 Å². The van der Waals surface area contributed by atoms with E-state index in [9.17, 15) is 0 Å². The number of allylic oxidation sites excluding steroid dienone is 1. The van der Waals surface area contributed by atoms with E-state index in [1.54, 1.807) is 24.3 Å². The Hall–Kier alpha value is -1.24. The van der Waals surface area contributed by atoms with Gasteiger partial charge in [0.15, 0.2) is 0 Å². The minimum Gasteiger partial charge on any atom is -0.508 e. The standard InChI is InChI=1S/C8H16.C6H6O/c1-3-5-7-8-6-4-2;7-6-4-2-1-3-5-6/h3H,1,4-8H2,2H3;1-5,7H. The molecule has 1 nitrogen and oxygen atoms in total. The second-order valence-electron chi connectivity index (χ2n) is 3.47. The topological polar surface area (TPSA) is 20.2 Å². The Kier molecular flexibility index (Phi) is 9.94. The van der Waals surface area contributed by atoms with Gasteiger partial charge in [-0.25, -0.2) is 0 Å². The smallest absolute Gasteiger partial charge is 0.115 e. The highest BCUT2D eigenvalue weighted by atomic mass is 16.3. The highest BCUT2D eigenvalue weighted by Gasteiger charge is 1.81. The molecule has 0 atom stereocenters. The molecule has 0 unspecified atom stereocenters. The molecule has 84 valence electrons. The summed E-state index contributed by atoms with van der Waals surface area (Å²) in [7, 11) is 0. The number of phenols is 1. The molecule has 0 saturated heterocycles. The number of unbranched alkanes of at least 4 members (excludes halogenated alkanes) is 4. The number of hydrogen-bond donors (Lipinski definition) is 1. The Morgan fingerprint density at radius 2 is 1.80 bits per heavy atom. The summed E-state index contributed by atoms with van der Waals surface area (Å²) in [6.45, 7) is 5.89. The van der Waals surface area contributed by atoms with E-state index in [0.29, 0.717) is 5.75 Å². The molecule has 0 aliphatic rings. The third-order valence-corrected chi connectivity index (χ3v) is 2.02. The monoisotopic (exact) mass is 206 g/mol. The molecule has 0 aromatic heterocycles. The molecule has 0 heterocycles. The molecule has 0 fully saturated rings. The van der Waals surface area contributed by atoms with Crippen molar-refractivity contribution in [3.63, 3.8) is 0 Å². The van der Waals surface area contributed by atoms with Crippen LogP contribution in [0.4, 0.5) is 0 Å². The third kappa shape index (κ3) is 10.7. The Morgan fingerprint density at radius 3 is 2.20 bits per heavy atom. The Morgan fingerprint density at radius 1 is 1.13 bits per heavy atom. The van der Waals surface area contributed by atoms with Crippen molar-refractivity contribution in [3.05, 3.63) is 43.0 Å². The molecule has 0 amide bonds. The summed E-state index contributed by atoms with van der Waals surface area (Å²) in [6, 6.07) is 8.71. The van der Waals surface area contributed by atoms with E-state index in [2.05, 4.69) is 13.5 Å². The lowest BCUT2D eigenvalue weighted by atomic mass is 10.2. The first kappa shape index (κ1) is 13.8. The molecule has 1 aromatic rings. The van der Waals surface area contributed by atoms with Crippen LogP contribution in [0, 0.1) is 0 Å². The van der Waals surface area contributed by atoms with E-state index in [1.807, 2.05) is 12.1 Å². The third-order valence-electron chi connectivity index (χ3n) is 2.02. The van der Waals surface area contributed by atoms with Crippen LogP contribution in [0.2, 0.25) is 0 Å². The van der Waals surface area contributed by atoms with E-state index in [-0.39, 0.29) is 0 Å². The minimum atomic E-state index is 0.322. The van der Waals surface area contributed by atoms with Gasteiger partial charge in [0.2, 0.25) is 0 Å². The molecule has 1 heteroatoms. The lowest BCUT2D eigenvalue weighted by molar-refractivity contribution is 0.475. The number of hydrogen-bond acceptors (Lipinski definition) is 1. The molecule has 0 spiro atoms. The summed E-state index contributed by atoms with van der Waals surface area (Å²) in [5, 5.41) is 8.63. The number of phenolic OH excluding ortho intramolecular Hbond substituents is 1. The van der Waals surface area contributed by atoms with Gasteiger partial charge in [0.1, 0.15) is 5.75 Å². The van der Waals surface area contributed by atoms with Crippen molar-refractivity contribution < 1.29 is 5.11 Å². The highest BCUT2D eigenvalue weighted by molar-refractivity contribution is 5.18. The van der Waals surface area contributed by atoms with Crippen LogP contribution in [0.15, 0.2) is 43.0 Å². The van der Waals surface area contributed by atoms with E-state index < -0.39 is 0 Å². The maximum absolute atomic E-state index is 8.63. The molecule has 0 aliphatic carbocycles. The normalized spacial score (nSPS) is 8.87. The van der Waals surface area contributed by atoms with E-state index >= 15 is 0 Å². The number of rotatable bonds is 5. The maximum atomic E-state index is 8.63. The summed E-state index contributed by atoms with van der Waals surface area (Å²) in [5.74, 6) is 0.322. The molecule has 15 heavy (non-hydrogen) atoms. The predicted octanol–water partition coefficient (Wildman–Crippen LogP) is 4.54. The second-order valence-corrected chi connectivity index (χ2v) is 3.47. The minimum absolute atomic E-state index is 0.322. The van der Waals surface area contributed by atoms with Crippen LogP contribution in [0.3, 0.4) is 0 Å². The summed E-state index contributed by atoms with van der Waals surface area (Å²) < 4.78 is 0. The average molecular weight is 206 g/mol. The van der Waals surface area contributed by atoms with Gasteiger partial charge in [0.25, 0.3) is 0 Å². The van der Waals surface area contributed by atoms with Crippen molar-refractivity contribution in [2.45, 2.75) is 39.0 Å². The molecule has 0 radical (unpaired) electrons. The lowest BCUT2D eigenvalue weighted by Gasteiger charge is -1.91. The molecule has 1 N–H and O–H groups in total. The zero-order chi connectivity index (χ0) is 11.4. The number of benzene rings is 1. The zero-order valence-electron chi connectivity index (χ0n) is 9.65. The van der Waals surface area contributed by atoms with Crippen molar-refractivity contribution in [1.29, 1.82) is 0 Å². The van der Waals surface area contributed by atoms with Crippen molar-refractivity contribution in [3.8, 4) is 5.75 Å². The summed E-state index contributed by atoms with van der Waals surface area (Å²) in [6.07, 6.45) is 8.61. The number of para-hydroxylation sites is 1. The van der Waals surface area contributed by atoms with Gasteiger partial charge in [-0.05, 0) is 25.0 Å². The van der Waals surface area contributed by atoms with E-state index in [0.717, 1.165) is 0 Å². The van der Waals surface area contributed by atoms with Crippen LogP contribution < -0.4 is 0 Å². The fourth-order valence-electron chi connectivity index (χ4n) is 1.14. The maximum Gasteiger partial charge on any atom is 0.115 e. The van der Waals surface area contributed by atoms with Crippen LogP contribution in [0.5, 0.6) is 5.75 Å². The fourth-order valence-corrected chi connectivity index (χ4v) is 1.14. The van der Waals surface area contributed by atoms with Crippen LogP contribution in [0.25, 0.3) is 0 Å². The average Bonchev–Trinajstić information content (AvgIpc) is 2.27. The first-order chi connectivity index (χ1) is 7.31. The summed E-state index contributed by atoms with van der Waals surface area (Å²) in [5.41, 5.74) is 0. The number of aromatic hydroxyl groups is 1. The van der Waals surface area contributed by atoms with Gasteiger partial charge in [-0.2, -0.15) is 0 Å². The first-order valence-electron chi connectivity index (χ1n) is 5.66. The lowest BCUT2D eigenvalue weighted by Crippen LogP contribution is -1.71. The van der Waals surface area contributed by atoms with Gasteiger partial charge in [-0.1, -0.05) is 50.5 Å². The van der Waals surface area contributed by atoms with Gasteiger partial charge in [0, 0.05) is 0 Å². The molecule has 0 saturated carbocycles. The SMILES string of the molecule is C=CCCCCCC.Oc1ccccc1. The van der Waals surface area contributed by atoms with Crippen molar-refractivity contribution in [1.82, 2.24) is 0 Å². The van der Waals surface area contributed by atoms with Crippen LogP contribution in [-0.4, -0.2) is 5.11 Å². The Labute approximate surface area is 93.5 Å². The van der Waals surface area contributed by atoms with Gasteiger partial charge < -0.3 is 5.11 Å². The van der Waals surface area contributed by atoms with Crippen LogP contribution in [-0.2, 0) is 0 Å². The van der Waals surface area contributed by atoms with Crippen molar-refractivity contribution >= 4 is 0 Å². The van der Waals surface area contributed by atoms with Crippen molar-refractivity contribution in [2.75, 3.05) is 0 Å². The first-order valence-corrected chi connectivity index (χ1v) is 5.66. The van der Waals surface area contributed by atoms with Crippen molar-refractivity contribution in [2.24, 2.45) is 0 Å². The summed E-state index contributed by atoms with van der Waals surface area (Å²) >= 11 is 0. The largest absolute Gasteiger partial charge is 0.508 e. The molecule has 0 bridgehead atoms. The van der Waals surface area contributed by atoms with Gasteiger partial charge >= 0.3 is 0 Å². The molecule has 1 rings (SSSR count). The highest BCUT2D eigenvalue weighted by Crippen LogP contribution is 2.03.